The zero-order valence-electron chi connectivity index (χ0n) is 9.60. The van der Waals surface area contributed by atoms with Crippen LogP contribution in [0.1, 0.15) is 30.1 Å². The molecule has 1 fully saturated rings. The van der Waals surface area contributed by atoms with E-state index in [0.717, 1.165) is 18.9 Å². The van der Waals surface area contributed by atoms with Gasteiger partial charge < -0.3 is 5.11 Å². The van der Waals surface area contributed by atoms with E-state index < -0.39 is 21.5 Å². The van der Waals surface area contributed by atoms with Crippen molar-refractivity contribution in [2.24, 2.45) is 0 Å². The molecule has 0 amide bonds. The van der Waals surface area contributed by atoms with Gasteiger partial charge in [0.15, 0.2) is 0 Å². The van der Waals surface area contributed by atoms with Gasteiger partial charge in [0, 0.05) is 5.54 Å². The SMILES string of the molecule is CC1(NS(=O)(=O)c2ccc(Cl)c(C(=O)O)c2)CC1. The summed E-state index contributed by atoms with van der Waals surface area (Å²) >= 11 is 5.69. The second-order valence-corrected chi connectivity index (χ2v) is 6.70. The fraction of sp³-hybridized carbons (Fsp3) is 0.364. The molecule has 98 valence electrons. The van der Waals surface area contributed by atoms with Crippen LogP contribution in [0, 0.1) is 0 Å². The Hall–Kier alpha value is -1.11. The number of rotatable bonds is 4. The van der Waals surface area contributed by atoms with Crippen molar-refractivity contribution in [3.05, 3.63) is 28.8 Å². The van der Waals surface area contributed by atoms with Crippen LogP contribution in [0.2, 0.25) is 5.02 Å². The van der Waals surface area contributed by atoms with Gasteiger partial charge in [0.2, 0.25) is 10.0 Å². The first-order chi connectivity index (χ1) is 8.23. The molecule has 0 heterocycles. The number of carboxylic acid groups (broad SMARTS) is 1. The van der Waals surface area contributed by atoms with E-state index in [2.05, 4.69) is 4.72 Å². The highest BCUT2D eigenvalue weighted by Gasteiger charge is 2.41. The van der Waals surface area contributed by atoms with E-state index in [1.807, 2.05) is 0 Å². The minimum Gasteiger partial charge on any atom is -0.478 e. The number of benzene rings is 1. The van der Waals surface area contributed by atoms with Gasteiger partial charge in [-0.1, -0.05) is 11.6 Å². The largest absolute Gasteiger partial charge is 0.478 e. The third-order valence-corrected chi connectivity index (χ3v) is 4.82. The predicted molar refractivity (Wildman–Crippen MR) is 66.4 cm³/mol. The third-order valence-electron chi connectivity index (χ3n) is 2.86. The summed E-state index contributed by atoms with van der Waals surface area (Å²) in [5.74, 6) is -1.25. The molecule has 7 heteroatoms. The minimum absolute atomic E-state index is 0.0130. The number of nitrogens with one attached hydrogen (secondary N) is 1. The number of carbonyl (C=O) groups is 1. The van der Waals surface area contributed by atoms with E-state index in [-0.39, 0.29) is 15.5 Å². The zero-order valence-corrected chi connectivity index (χ0v) is 11.2. The number of carboxylic acids is 1. The topological polar surface area (TPSA) is 83.5 Å². The van der Waals surface area contributed by atoms with Crippen molar-refractivity contribution in [1.82, 2.24) is 4.72 Å². The van der Waals surface area contributed by atoms with E-state index >= 15 is 0 Å². The number of hydrogen-bond donors (Lipinski definition) is 2. The van der Waals surface area contributed by atoms with E-state index in [1.165, 1.54) is 12.1 Å². The molecular formula is C11H12ClNO4S. The van der Waals surface area contributed by atoms with Gasteiger partial charge in [0.1, 0.15) is 0 Å². The standard InChI is InChI=1S/C11H12ClNO4S/c1-11(4-5-11)13-18(16,17)7-2-3-9(12)8(6-7)10(14)15/h2-3,6,13H,4-5H2,1H3,(H,14,15). The molecule has 0 aromatic heterocycles. The van der Waals surface area contributed by atoms with E-state index in [4.69, 9.17) is 16.7 Å². The number of hydrogen-bond acceptors (Lipinski definition) is 3. The molecule has 0 saturated heterocycles. The number of aromatic carboxylic acids is 1. The van der Waals surface area contributed by atoms with Crippen molar-refractivity contribution < 1.29 is 18.3 Å². The highest BCUT2D eigenvalue weighted by molar-refractivity contribution is 7.89. The van der Waals surface area contributed by atoms with Crippen LogP contribution >= 0.6 is 11.6 Å². The van der Waals surface area contributed by atoms with E-state index in [9.17, 15) is 13.2 Å². The molecule has 0 atom stereocenters. The highest BCUT2D eigenvalue weighted by atomic mass is 35.5. The minimum atomic E-state index is -3.70. The molecule has 1 saturated carbocycles. The Balaban J connectivity index is 2.39. The molecule has 1 aliphatic carbocycles. The Labute approximate surface area is 110 Å². The Bertz CT molecular complexity index is 607. The molecule has 18 heavy (non-hydrogen) atoms. The molecule has 2 rings (SSSR count). The number of halogens is 1. The molecule has 1 aliphatic rings. The summed E-state index contributed by atoms with van der Waals surface area (Å²) in [5, 5.41) is 8.91. The van der Waals surface area contributed by atoms with E-state index in [1.54, 1.807) is 6.92 Å². The van der Waals surface area contributed by atoms with Gasteiger partial charge in [-0.05, 0) is 38.0 Å². The van der Waals surface area contributed by atoms with Gasteiger partial charge in [-0.15, -0.1) is 0 Å². The van der Waals surface area contributed by atoms with Crippen LogP contribution in [0.15, 0.2) is 23.1 Å². The van der Waals surface area contributed by atoms with Crippen LogP contribution in [0.3, 0.4) is 0 Å². The van der Waals surface area contributed by atoms with Crippen LogP contribution < -0.4 is 4.72 Å². The summed E-state index contributed by atoms with van der Waals surface area (Å²) < 4.78 is 26.6. The maximum Gasteiger partial charge on any atom is 0.337 e. The lowest BCUT2D eigenvalue weighted by atomic mass is 10.2. The molecule has 1 aromatic carbocycles. The second-order valence-electron chi connectivity index (χ2n) is 4.61. The van der Waals surface area contributed by atoms with Crippen LogP contribution in [0.5, 0.6) is 0 Å². The summed E-state index contributed by atoms with van der Waals surface area (Å²) in [6, 6.07) is 3.64. The molecule has 0 unspecified atom stereocenters. The third kappa shape index (κ3) is 2.66. The zero-order chi connectivity index (χ0) is 13.6. The molecule has 5 nitrogen and oxygen atoms in total. The van der Waals surface area contributed by atoms with Crippen LogP contribution in [-0.2, 0) is 10.0 Å². The van der Waals surface area contributed by atoms with Gasteiger partial charge in [-0.3, -0.25) is 0 Å². The quantitative estimate of drug-likeness (QED) is 0.886. The summed E-state index contributed by atoms with van der Waals surface area (Å²) in [7, 11) is -3.70. The molecule has 0 aliphatic heterocycles. The van der Waals surface area contributed by atoms with Crippen LogP contribution in [-0.4, -0.2) is 25.0 Å². The van der Waals surface area contributed by atoms with Crippen molar-refractivity contribution in [2.45, 2.75) is 30.2 Å². The maximum absolute atomic E-state index is 12.0. The summed E-state index contributed by atoms with van der Waals surface area (Å²) in [6.45, 7) is 1.80. The van der Waals surface area contributed by atoms with Gasteiger partial charge in [0.05, 0.1) is 15.5 Å². The van der Waals surface area contributed by atoms with Crippen LogP contribution in [0.4, 0.5) is 0 Å². The fourth-order valence-corrected chi connectivity index (χ4v) is 3.20. The Morgan fingerprint density at radius 2 is 2.06 bits per heavy atom. The number of sulfonamides is 1. The van der Waals surface area contributed by atoms with Crippen molar-refractivity contribution in [3.8, 4) is 0 Å². The van der Waals surface area contributed by atoms with E-state index in [0.29, 0.717) is 0 Å². The molecule has 0 spiro atoms. The lowest BCUT2D eigenvalue weighted by molar-refractivity contribution is 0.0697. The molecule has 1 aromatic rings. The first-order valence-electron chi connectivity index (χ1n) is 5.30. The van der Waals surface area contributed by atoms with Crippen molar-refractivity contribution in [1.29, 1.82) is 0 Å². The van der Waals surface area contributed by atoms with Gasteiger partial charge in [-0.25, -0.2) is 17.9 Å². The van der Waals surface area contributed by atoms with Gasteiger partial charge >= 0.3 is 5.97 Å². The summed E-state index contributed by atoms with van der Waals surface area (Å²) in [5.41, 5.74) is -0.623. The monoisotopic (exact) mass is 289 g/mol. The van der Waals surface area contributed by atoms with Crippen LogP contribution in [0.25, 0.3) is 0 Å². The first kappa shape index (κ1) is 13.3. The maximum atomic E-state index is 12.0. The lowest BCUT2D eigenvalue weighted by Gasteiger charge is -2.12. The Morgan fingerprint density at radius 3 is 2.56 bits per heavy atom. The second kappa shape index (κ2) is 4.22. The Morgan fingerprint density at radius 1 is 1.44 bits per heavy atom. The summed E-state index contributed by atoms with van der Waals surface area (Å²) in [6.07, 6.45) is 1.57. The smallest absolute Gasteiger partial charge is 0.337 e. The highest BCUT2D eigenvalue weighted by Crippen LogP contribution is 2.36. The first-order valence-corrected chi connectivity index (χ1v) is 7.16. The van der Waals surface area contributed by atoms with Crippen molar-refractivity contribution in [2.75, 3.05) is 0 Å². The molecule has 0 radical (unpaired) electrons. The van der Waals surface area contributed by atoms with Gasteiger partial charge in [-0.2, -0.15) is 0 Å². The molecular weight excluding hydrogens is 278 g/mol. The van der Waals surface area contributed by atoms with Gasteiger partial charge in [0.25, 0.3) is 0 Å². The molecule has 0 bridgehead atoms. The van der Waals surface area contributed by atoms with Crippen molar-refractivity contribution in [3.63, 3.8) is 0 Å². The lowest BCUT2D eigenvalue weighted by Crippen LogP contribution is -2.34. The normalized spacial score (nSPS) is 17.4. The average Bonchev–Trinajstić information content (AvgIpc) is 2.94. The summed E-state index contributed by atoms with van der Waals surface area (Å²) in [4.78, 5) is 10.8. The Kier molecular flexibility index (Phi) is 3.12. The van der Waals surface area contributed by atoms with Crippen molar-refractivity contribution >= 4 is 27.6 Å². The average molecular weight is 290 g/mol. The predicted octanol–water partition coefficient (Wildman–Crippen LogP) is 1.87. The fourth-order valence-electron chi connectivity index (χ4n) is 1.51. The molecule has 2 N–H and O–H groups in total.